The van der Waals surface area contributed by atoms with Gasteiger partial charge in [-0.3, -0.25) is 0 Å². The number of aromatic nitrogens is 4. The van der Waals surface area contributed by atoms with E-state index in [1.54, 1.807) is 0 Å². The Morgan fingerprint density at radius 1 is 0.346 bits per heavy atom. The van der Waals surface area contributed by atoms with Gasteiger partial charge < -0.3 is 8.98 Å². The molecule has 0 aliphatic carbocycles. The summed E-state index contributed by atoms with van der Waals surface area (Å²) in [4.78, 5) is 15.3. The lowest BCUT2D eigenvalue weighted by Crippen LogP contribution is -2.00. The van der Waals surface area contributed by atoms with Crippen LogP contribution in [0.1, 0.15) is 0 Å². The van der Waals surface area contributed by atoms with Crippen LogP contribution in [-0.4, -0.2) is 19.5 Å². The van der Waals surface area contributed by atoms with Gasteiger partial charge in [-0.25, -0.2) is 15.0 Å². The zero-order valence-electron chi connectivity index (χ0n) is 27.9. The van der Waals surface area contributed by atoms with Crippen LogP contribution in [0.2, 0.25) is 0 Å². The molecule has 0 aliphatic heterocycles. The topological polar surface area (TPSA) is 56.7 Å². The summed E-state index contributed by atoms with van der Waals surface area (Å²) in [6.07, 6.45) is 0. The Morgan fingerprint density at radius 2 is 0.865 bits per heavy atom. The van der Waals surface area contributed by atoms with Crippen LogP contribution in [0.4, 0.5) is 0 Å². The Kier molecular flexibility index (Phi) is 6.18. The molecular weight excluding hydrogens is 637 g/mol. The number of para-hydroxylation sites is 3. The molecule has 11 aromatic rings. The fraction of sp³-hybridized carbons (Fsp3) is 0. The van der Waals surface area contributed by atoms with Crippen molar-refractivity contribution in [3.05, 3.63) is 170 Å². The summed E-state index contributed by atoms with van der Waals surface area (Å²) in [7, 11) is 0. The molecule has 0 bridgehead atoms. The summed E-state index contributed by atoms with van der Waals surface area (Å²) < 4.78 is 8.50. The molecule has 8 aromatic carbocycles. The van der Waals surface area contributed by atoms with E-state index in [0.29, 0.717) is 17.5 Å². The summed E-state index contributed by atoms with van der Waals surface area (Å²) in [5.41, 5.74) is 7.99. The minimum absolute atomic E-state index is 0.623. The Hall–Kier alpha value is -7.11. The van der Waals surface area contributed by atoms with Crippen molar-refractivity contribution < 1.29 is 4.42 Å². The molecule has 3 heterocycles. The van der Waals surface area contributed by atoms with Crippen LogP contribution in [0, 0.1) is 0 Å². The number of hydrogen-bond acceptors (Lipinski definition) is 4. The molecule has 0 spiro atoms. The highest BCUT2D eigenvalue weighted by atomic mass is 16.3. The van der Waals surface area contributed by atoms with Gasteiger partial charge in [0.15, 0.2) is 17.5 Å². The molecule has 5 heteroatoms. The quantitative estimate of drug-likeness (QED) is 0.188. The van der Waals surface area contributed by atoms with E-state index < -0.39 is 0 Å². The molecule has 0 N–H and O–H groups in total. The summed E-state index contributed by atoms with van der Waals surface area (Å²) in [6.45, 7) is 0. The third-order valence-corrected chi connectivity index (χ3v) is 10.2. The standard InChI is InChI=1S/C47H28N4O/c1-2-10-31-25-33(19-17-29(31)9-1)46-48-45(30-21-23-36(24-22-30)51-41-14-6-3-11-37(41)38-12-4-7-15-42(38)51)49-47(50-46)34-20-18-32-28-44-40(27-35(32)26-34)39-13-5-8-16-43(39)52-44/h1-28H. The van der Waals surface area contributed by atoms with Crippen LogP contribution < -0.4 is 0 Å². The molecule has 11 rings (SSSR count). The first kappa shape index (κ1) is 28.7. The molecule has 3 aromatic heterocycles. The molecule has 5 nitrogen and oxygen atoms in total. The van der Waals surface area contributed by atoms with E-state index >= 15 is 0 Å². The van der Waals surface area contributed by atoms with Crippen molar-refractivity contribution in [2.24, 2.45) is 0 Å². The van der Waals surface area contributed by atoms with Crippen molar-refractivity contribution in [3.63, 3.8) is 0 Å². The Morgan fingerprint density at radius 3 is 1.58 bits per heavy atom. The van der Waals surface area contributed by atoms with Crippen molar-refractivity contribution >= 4 is 65.3 Å². The molecule has 0 atom stereocenters. The van der Waals surface area contributed by atoms with Gasteiger partial charge in [0, 0.05) is 43.9 Å². The molecule has 52 heavy (non-hydrogen) atoms. The number of nitrogens with zero attached hydrogens (tertiary/aromatic N) is 4. The SMILES string of the molecule is c1ccc2cc(-c3nc(-c4ccc(-n5c6ccccc6c6ccccc65)cc4)nc(-c4ccc5cc6oc7ccccc7c6cc5c4)n3)ccc2c1. The average Bonchev–Trinajstić information content (AvgIpc) is 3.74. The summed E-state index contributed by atoms with van der Waals surface area (Å²) >= 11 is 0. The van der Waals surface area contributed by atoms with E-state index in [1.807, 2.05) is 18.2 Å². The first-order chi connectivity index (χ1) is 25.7. The van der Waals surface area contributed by atoms with Crippen molar-refractivity contribution in [2.75, 3.05) is 0 Å². The second-order valence-electron chi connectivity index (χ2n) is 13.3. The Labute approximate surface area is 298 Å². The second kappa shape index (κ2) is 11.2. The van der Waals surface area contributed by atoms with Gasteiger partial charge in [-0.15, -0.1) is 0 Å². The van der Waals surface area contributed by atoms with E-state index in [0.717, 1.165) is 60.5 Å². The van der Waals surface area contributed by atoms with E-state index in [9.17, 15) is 0 Å². The van der Waals surface area contributed by atoms with Gasteiger partial charge in [0.1, 0.15) is 11.2 Å². The van der Waals surface area contributed by atoms with Gasteiger partial charge >= 0.3 is 0 Å². The maximum atomic E-state index is 6.17. The highest BCUT2D eigenvalue weighted by Crippen LogP contribution is 2.35. The highest BCUT2D eigenvalue weighted by Gasteiger charge is 2.16. The maximum absolute atomic E-state index is 6.17. The molecule has 0 fully saturated rings. The Balaban J connectivity index is 1.07. The van der Waals surface area contributed by atoms with Crippen LogP contribution in [-0.2, 0) is 0 Å². The summed E-state index contributed by atoms with van der Waals surface area (Å²) in [5, 5.41) is 9.19. The first-order valence-electron chi connectivity index (χ1n) is 17.4. The van der Waals surface area contributed by atoms with Gasteiger partial charge in [0.05, 0.1) is 11.0 Å². The monoisotopic (exact) mass is 664 g/mol. The summed E-state index contributed by atoms with van der Waals surface area (Å²) in [6, 6.07) is 59.3. The lowest BCUT2D eigenvalue weighted by molar-refractivity contribution is 0.669. The number of benzene rings is 8. The van der Waals surface area contributed by atoms with Gasteiger partial charge in [-0.2, -0.15) is 0 Å². The summed E-state index contributed by atoms with van der Waals surface area (Å²) in [5.74, 6) is 1.88. The molecule has 0 radical (unpaired) electrons. The zero-order valence-corrected chi connectivity index (χ0v) is 27.9. The normalized spacial score (nSPS) is 11.8. The van der Waals surface area contributed by atoms with Gasteiger partial charge in [-0.05, 0) is 88.3 Å². The van der Waals surface area contributed by atoms with Crippen LogP contribution in [0.3, 0.4) is 0 Å². The van der Waals surface area contributed by atoms with Crippen LogP contribution in [0.15, 0.2) is 174 Å². The number of hydrogen-bond donors (Lipinski definition) is 0. The molecule has 0 saturated carbocycles. The second-order valence-corrected chi connectivity index (χ2v) is 13.3. The lowest BCUT2D eigenvalue weighted by Gasteiger charge is -2.11. The molecule has 0 saturated heterocycles. The first-order valence-corrected chi connectivity index (χ1v) is 17.4. The molecule has 0 aliphatic rings. The van der Waals surface area contributed by atoms with Crippen LogP contribution >= 0.6 is 0 Å². The number of furan rings is 1. The molecule has 0 amide bonds. The maximum Gasteiger partial charge on any atom is 0.164 e. The molecular formula is C47H28N4O. The molecule has 242 valence electrons. The van der Waals surface area contributed by atoms with Crippen molar-refractivity contribution in [2.45, 2.75) is 0 Å². The fourth-order valence-electron chi connectivity index (χ4n) is 7.66. The van der Waals surface area contributed by atoms with Crippen molar-refractivity contribution in [1.29, 1.82) is 0 Å². The third-order valence-electron chi connectivity index (χ3n) is 10.2. The predicted octanol–water partition coefficient (Wildman–Crippen LogP) is 12.2. The van der Waals surface area contributed by atoms with Gasteiger partial charge in [-0.1, -0.05) is 103 Å². The van der Waals surface area contributed by atoms with Crippen LogP contribution in [0.25, 0.3) is 105 Å². The zero-order chi connectivity index (χ0) is 34.2. The van der Waals surface area contributed by atoms with Crippen molar-refractivity contribution in [1.82, 2.24) is 19.5 Å². The van der Waals surface area contributed by atoms with Crippen LogP contribution in [0.5, 0.6) is 0 Å². The average molecular weight is 665 g/mol. The smallest absolute Gasteiger partial charge is 0.164 e. The van der Waals surface area contributed by atoms with Gasteiger partial charge in [0.25, 0.3) is 0 Å². The number of rotatable bonds is 4. The third kappa shape index (κ3) is 4.53. The van der Waals surface area contributed by atoms with E-state index in [2.05, 4.69) is 156 Å². The fourth-order valence-corrected chi connectivity index (χ4v) is 7.66. The van der Waals surface area contributed by atoms with E-state index in [-0.39, 0.29) is 0 Å². The van der Waals surface area contributed by atoms with Gasteiger partial charge in [0.2, 0.25) is 0 Å². The predicted molar refractivity (Wildman–Crippen MR) is 213 cm³/mol. The highest BCUT2D eigenvalue weighted by molar-refractivity contribution is 6.11. The largest absolute Gasteiger partial charge is 0.456 e. The van der Waals surface area contributed by atoms with E-state index in [1.165, 1.54) is 27.2 Å². The minimum Gasteiger partial charge on any atom is -0.456 e. The van der Waals surface area contributed by atoms with Crippen molar-refractivity contribution in [3.8, 4) is 39.9 Å². The minimum atomic E-state index is 0.623. The van der Waals surface area contributed by atoms with E-state index in [4.69, 9.17) is 19.4 Å². The Bertz CT molecular complexity index is 3140. The number of fused-ring (bicyclic) bond motifs is 8. The molecule has 0 unspecified atom stereocenters. The lowest BCUT2D eigenvalue weighted by atomic mass is 10.0.